The lowest BCUT2D eigenvalue weighted by Crippen LogP contribution is -2.49. The van der Waals surface area contributed by atoms with Crippen LogP contribution in [0.15, 0.2) is 0 Å². The van der Waals surface area contributed by atoms with E-state index in [1.165, 1.54) is 0 Å². The summed E-state index contributed by atoms with van der Waals surface area (Å²) < 4.78 is -1.03. The Morgan fingerprint density at radius 2 is 2.00 bits per heavy atom. The lowest BCUT2D eigenvalue weighted by molar-refractivity contribution is 0.0629. The van der Waals surface area contributed by atoms with E-state index in [0.29, 0.717) is 0 Å². The molecule has 0 aromatic rings. The average molecular weight is 209 g/mol. The fraction of sp³-hybridized carbons (Fsp3) is 1.00. The van der Waals surface area contributed by atoms with Crippen LogP contribution in [-0.4, -0.2) is 22.9 Å². The molecule has 0 rings (SSSR count). The number of hydrogen-bond donors (Lipinski definition) is 3. The van der Waals surface area contributed by atoms with Gasteiger partial charge in [0.1, 0.15) is 4.67 Å². The molecule has 3 unspecified atom stereocenters. The van der Waals surface area contributed by atoms with Crippen LogP contribution >= 0.6 is 21.9 Å². The third-order valence-electron chi connectivity index (χ3n) is 2.58. The van der Waals surface area contributed by atoms with Crippen molar-refractivity contribution in [3.63, 3.8) is 0 Å². The number of aliphatic hydroxyl groups is 1. The van der Waals surface area contributed by atoms with Crippen LogP contribution in [0.5, 0.6) is 0 Å². The first-order chi connectivity index (χ1) is 5.27. The van der Waals surface area contributed by atoms with Crippen molar-refractivity contribution in [2.45, 2.75) is 37.9 Å². The van der Waals surface area contributed by atoms with Crippen molar-refractivity contribution in [2.24, 2.45) is 5.41 Å². The van der Waals surface area contributed by atoms with Crippen LogP contribution < -0.4 is 5.32 Å². The second kappa shape index (κ2) is 4.28. The van der Waals surface area contributed by atoms with E-state index in [1.54, 1.807) is 0 Å². The third kappa shape index (κ3) is 2.59. The molecule has 0 aliphatic carbocycles. The summed E-state index contributed by atoms with van der Waals surface area (Å²) >= 11 is 4.16. The topological polar surface area (TPSA) is 32.3 Å². The van der Waals surface area contributed by atoms with E-state index in [-0.39, 0.29) is 11.5 Å². The predicted octanol–water partition coefficient (Wildman–Crippen LogP) is 1.46. The molecule has 4 heteroatoms. The maximum atomic E-state index is 9.77. The van der Waals surface area contributed by atoms with E-state index in [2.05, 4.69) is 34.1 Å². The molecular weight excluding hydrogens is 189 g/mol. The Morgan fingerprint density at radius 3 is 2.08 bits per heavy atom. The van der Waals surface area contributed by atoms with Gasteiger partial charge in [-0.1, -0.05) is 30.0 Å². The molecular formula is C8H20NOPS. The number of nitrogens with one attached hydrogen (secondary N) is 1. The van der Waals surface area contributed by atoms with Gasteiger partial charge in [-0.25, -0.2) is 0 Å². The van der Waals surface area contributed by atoms with Gasteiger partial charge in [0.2, 0.25) is 0 Å². The summed E-state index contributed by atoms with van der Waals surface area (Å²) in [6.07, 6.45) is 0.973. The number of hydrogen-bond acceptors (Lipinski definition) is 3. The van der Waals surface area contributed by atoms with Crippen molar-refractivity contribution >= 4 is 21.9 Å². The molecule has 2 nitrogen and oxygen atoms in total. The molecule has 12 heavy (non-hydrogen) atoms. The van der Waals surface area contributed by atoms with Gasteiger partial charge in [-0.15, -0.1) is 12.6 Å². The first-order valence-electron chi connectivity index (χ1n) is 4.18. The summed E-state index contributed by atoms with van der Waals surface area (Å²) in [4.78, 5) is 0. The highest BCUT2D eigenvalue weighted by atomic mass is 32.1. The average Bonchev–Trinajstić information content (AvgIpc) is 1.87. The Bertz CT molecular complexity index is 140. The SMILES string of the molecule is CCC(NC)C(C)(C)C(O)(P)S. The largest absolute Gasteiger partial charge is 0.376 e. The second-order valence-corrected chi connectivity index (χ2v) is 5.70. The molecule has 0 saturated heterocycles. The van der Waals surface area contributed by atoms with Gasteiger partial charge in [-0.3, -0.25) is 0 Å². The molecule has 0 aliphatic rings. The van der Waals surface area contributed by atoms with Gasteiger partial charge in [0.25, 0.3) is 0 Å². The maximum absolute atomic E-state index is 9.77. The van der Waals surface area contributed by atoms with Crippen molar-refractivity contribution in [1.29, 1.82) is 0 Å². The zero-order chi connectivity index (χ0) is 9.99. The first kappa shape index (κ1) is 12.7. The molecule has 0 amide bonds. The van der Waals surface area contributed by atoms with Crippen LogP contribution in [0.25, 0.3) is 0 Å². The van der Waals surface area contributed by atoms with Crippen LogP contribution in [0.1, 0.15) is 27.2 Å². The second-order valence-electron chi connectivity index (χ2n) is 3.70. The Labute approximate surface area is 83.1 Å². The number of rotatable bonds is 4. The lowest BCUT2D eigenvalue weighted by Gasteiger charge is -2.42. The van der Waals surface area contributed by atoms with Gasteiger partial charge in [0.05, 0.1) is 0 Å². The zero-order valence-corrected chi connectivity index (χ0v) is 10.3. The van der Waals surface area contributed by atoms with Gasteiger partial charge < -0.3 is 10.4 Å². The van der Waals surface area contributed by atoms with Crippen molar-refractivity contribution in [3.05, 3.63) is 0 Å². The standard InChI is InChI=1S/C8H20NOPS/c1-5-6(9-4)7(2,3)8(10,11)12/h6,9-10,12H,5,11H2,1-4H3. The monoisotopic (exact) mass is 209 g/mol. The normalized spacial score (nSPS) is 20.2. The third-order valence-corrected chi connectivity index (χ3v) is 3.90. The summed E-state index contributed by atoms with van der Waals surface area (Å²) in [7, 11) is 4.27. The van der Waals surface area contributed by atoms with Gasteiger partial charge >= 0.3 is 0 Å². The zero-order valence-electron chi connectivity index (χ0n) is 8.26. The minimum atomic E-state index is -1.03. The Balaban J connectivity index is 4.57. The summed E-state index contributed by atoms with van der Waals surface area (Å²) in [5.74, 6) is 0. The molecule has 3 atom stereocenters. The minimum absolute atomic E-state index is 0.262. The van der Waals surface area contributed by atoms with Crippen LogP contribution in [0, 0.1) is 5.41 Å². The molecule has 0 fully saturated rings. The Kier molecular flexibility index (Phi) is 4.53. The van der Waals surface area contributed by atoms with Crippen LogP contribution in [0.2, 0.25) is 0 Å². The first-order valence-corrected chi connectivity index (χ1v) is 5.20. The minimum Gasteiger partial charge on any atom is -0.376 e. The Hall–Kier alpha value is 0.700. The summed E-state index contributed by atoms with van der Waals surface area (Å²) in [6.45, 7) is 6.09. The van der Waals surface area contributed by atoms with Crippen molar-refractivity contribution in [1.82, 2.24) is 5.32 Å². The van der Waals surface area contributed by atoms with Gasteiger partial charge in [-0.2, -0.15) is 0 Å². The molecule has 0 heterocycles. The number of thiol groups is 1. The van der Waals surface area contributed by atoms with Crippen LogP contribution in [-0.2, 0) is 0 Å². The van der Waals surface area contributed by atoms with E-state index in [1.807, 2.05) is 20.9 Å². The van der Waals surface area contributed by atoms with Crippen molar-refractivity contribution in [3.8, 4) is 0 Å². The summed E-state index contributed by atoms with van der Waals surface area (Å²) in [5.41, 5.74) is -0.274. The predicted molar refractivity (Wildman–Crippen MR) is 60.6 cm³/mol. The van der Waals surface area contributed by atoms with E-state index in [4.69, 9.17) is 0 Å². The van der Waals surface area contributed by atoms with Gasteiger partial charge in [-0.05, 0) is 13.5 Å². The van der Waals surface area contributed by atoms with Crippen molar-refractivity contribution in [2.75, 3.05) is 7.05 Å². The quantitative estimate of drug-likeness (QED) is 0.372. The highest BCUT2D eigenvalue weighted by Crippen LogP contribution is 2.42. The molecule has 0 bridgehead atoms. The molecule has 0 aromatic carbocycles. The highest BCUT2D eigenvalue weighted by molar-refractivity contribution is 7.86. The molecule has 0 aromatic heterocycles. The van der Waals surface area contributed by atoms with E-state index >= 15 is 0 Å². The lowest BCUT2D eigenvalue weighted by atomic mass is 9.83. The molecule has 0 aliphatic heterocycles. The summed E-state index contributed by atoms with van der Waals surface area (Å²) in [5, 5.41) is 12.9. The fourth-order valence-electron chi connectivity index (χ4n) is 1.33. The fourth-order valence-corrected chi connectivity index (χ4v) is 1.69. The molecule has 2 N–H and O–H groups in total. The van der Waals surface area contributed by atoms with Crippen LogP contribution in [0.3, 0.4) is 0 Å². The van der Waals surface area contributed by atoms with Crippen molar-refractivity contribution < 1.29 is 5.11 Å². The van der Waals surface area contributed by atoms with Gasteiger partial charge in [0, 0.05) is 11.5 Å². The Morgan fingerprint density at radius 1 is 1.58 bits per heavy atom. The smallest absolute Gasteiger partial charge is 0.127 e. The molecule has 74 valence electrons. The maximum Gasteiger partial charge on any atom is 0.127 e. The molecule has 0 spiro atoms. The van der Waals surface area contributed by atoms with Gasteiger partial charge in [0.15, 0.2) is 0 Å². The van der Waals surface area contributed by atoms with E-state index in [0.717, 1.165) is 6.42 Å². The highest BCUT2D eigenvalue weighted by Gasteiger charge is 2.41. The van der Waals surface area contributed by atoms with E-state index in [9.17, 15) is 5.11 Å². The van der Waals surface area contributed by atoms with Crippen LogP contribution in [0.4, 0.5) is 0 Å². The van der Waals surface area contributed by atoms with E-state index < -0.39 is 4.67 Å². The molecule has 0 saturated carbocycles. The summed E-state index contributed by atoms with van der Waals surface area (Å²) in [6, 6.07) is 0.262. The molecule has 0 radical (unpaired) electrons.